The van der Waals surface area contributed by atoms with Crippen molar-refractivity contribution in [3.8, 4) is 34.0 Å². The Morgan fingerprint density at radius 1 is 0.750 bits per heavy atom. The summed E-state index contributed by atoms with van der Waals surface area (Å²) in [6, 6.07) is 26.3. The monoisotopic (exact) mass is 476 g/mol. The molecule has 2 aromatic heterocycles. The zero-order valence-corrected chi connectivity index (χ0v) is 19.9. The summed E-state index contributed by atoms with van der Waals surface area (Å²) in [5, 5.41) is 2.91. The standard InChI is InChI=1S/C29H24N4O3/c1-35-23-11-6-19(7-12-23)27-28(20-8-13-24(36-2)14-9-20)33-26-17-21(10-15-25(26)32-27)29(34)31-18-22-5-3-4-16-30-22/h3-17H,18H2,1-2H3,(H,31,34). The van der Waals surface area contributed by atoms with Gasteiger partial charge in [0.15, 0.2) is 0 Å². The van der Waals surface area contributed by atoms with E-state index in [4.69, 9.17) is 19.4 Å². The van der Waals surface area contributed by atoms with Crippen molar-refractivity contribution in [3.05, 3.63) is 102 Å². The summed E-state index contributed by atoms with van der Waals surface area (Å²) < 4.78 is 10.6. The first-order chi connectivity index (χ1) is 17.6. The summed E-state index contributed by atoms with van der Waals surface area (Å²) in [4.78, 5) is 27.0. The number of aromatic nitrogens is 3. The summed E-state index contributed by atoms with van der Waals surface area (Å²) >= 11 is 0. The Balaban J connectivity index is 1.54. The summed E-state index contributed by atoms with van der Waals surface area (Å²) in [5.41, 5.74) is 5.86. The first-order valence-electron chi connectivity index (χ1n) is 11.4. The number of carbonyl (C=O) groups excluding carboxylic acids is 1. The lowest BCUT2D eigenvalue weighted by Crippen LogP contribution is -2.23. The van der Waals surface area contributed by atoms with Gasteiger partial charge >= 0.3 is 0 Å². The third-order valence-corrected chi connectivity index (χ3v) is 5.81. The summed E-state index contributed by atoms with van der Waals surface area (Å²) in [6.07, 6.45) is 1.70. The molecular formula is C29H24N4O3. The number of pyridine rings is 1. The van der Waals surface area contributed by atoms with Crippen LogP contribution in [0.4, 0.5) is 0 Å². The second-order valence-electron chi connectivity index (χ2n) is 8.09. The van der Waals surface area contributed by atoms with Gasteiger partial charge in [-0.15, -0.1) is 0 Å². The zero-order chi connectivity index (χ0) is 24.9. The van der Waals surface area contributed by atoms with E-state index in [1.54, 1.807) is 32.5 Å². The number of methoxy groups -OCH3 is 2. The Morgan fingerprint density at radius 2 is 1.36 bits per heavy atom. The summed E-state index contributed by atoms with van der Waals surface area (Å²) in [6.45, 7) is 0.344. The van der Waals surface area contributed by atoms with Crippen LogP contribution in [-0.2, 0) is 6.54 Å². The molecule has 0 aliphatic heterocycles. The van der Waals surface area contributed by atoms with E-state index in [1.165, 1.54) is 0 Å². The molecule has 3 aromatic carbocycles. The third kappa shape index (κ3) is 4.86. The molecule has 178 valence electrons. The molecule has 0 atom stereocenters. The van der Waals surface area contributed by atoms with Gasteiger partial charge in [-0.25, -0.2) is 9.97 Å². The van der Waals surface area contributed by atoms with Crippen molar-refractivity contribution >= 4 is 16.9 Å². The van der Waals surface area contributed by atoms with Crippen molar-refractivity contribution in [2.45, 2.75) is 6.54 Å². The number of carbonyl (C=O) groups is 1. The number of ether oxygens (including phenoxy) is 2. The van der Waals surface area contributed by atoms with Crippen LogP contribution >= 0.6 is 0 Å². The predicted molar refractivity (Wildman–Crippen MR) is 139 cm³/mol. The maximum Gasteiger partial charge on any atom is 0.251 e. The number of nitrogens with zero attached hydrogens (tertiary/aromatic N) is 3. The van der Waals surface area contributed by atoms with Gasteiger partial charge in [0, 0.05) is 22.9 Å². The smallest absolute Gasteiger partial charge is 0.251 e. The van der Waals surface area contributed by atoms with Gasteiger partial charge in [0.2, 0.25) is 0 Å². The van der Waals surface area contributed by atoms with E-state index in [1.807, 2.05) is 72.8 Å². The number of fused-ring (bicyclic) bond motifs is 1. The van der Waals surface area contributed by atoms with Crippen LogP contribution in [0.25, 0.3) is 33.5 Å². The van der Waals surface area contributed by atoms with E-state index in [0.717, 1.165) is 34.0 Å². The van der Waals surface area contributed by atoms with Gasteiger partial charge in [0.05, 0.1) is 48.9 Å². The molecule has 0 unspecified atom stereocenters. The molecule has 0 aliphatic rings. The van der Waals surface area contributed by atoms with E-state index in [9.17, 15) is 4.79 Å². The first-order valence-corrected chi connectivity index (χ1v) is 11.4. The molecule has 0 radical (unpaired) electrons. The van der Waals surface area contributed by atoms with Gasteiger partial charge in [0.25, 0.3) is 5.91 Å². The van der Waals surface area contributed by atoms with Crippen LogP contribution in [0.5, 0.6) is 11.5 Å². The van der Waals surface area contributed by atoms with Gasteiger partial charge < -0.3 is 14.8 Å². The third-order valence-electron chi connectivity index (χ3n) is 5.81. The normalized spacial score (nSPS) is 10.7. The van der Waals surface area contributed by atoms with Crippen LogP contribution < -0.4 is 14.8 Å². The van der Waals surface area contributed by atoms with Gasteiger partial charge in [-0.1, -0.05) is 6.07 Å². The van der Waals surface area contributed by atoms with Crippen molar-refractivity contribution < 1.29 is 14.3 Å². The maximum absolute atomic E-state index is 12.8. The lowest BCUT2D eigenvalue weighted by Gasteiger charge is -2.12. The SMILES string of the molecule is COc1ccc(-c2nc3ccc(C(=O)NCc4ccccn4)cc3nc2-c2ccc(OC)cc2)cc1. The van der Waals surface area contributed by atoms with Crippen molar-refractivity contribution in [1.82, 2.24) is 20.3 Å². The largest absolute Gasteiger partial charge is 0.497 e. The second-order valence-corrected chi connectivity index (χ2v) is 8.09. The summed E-state index contributed by atoms with van der Waals surface area (Å²) in [5.74, 6) is 1.32. The van der Waals surface area contributed by atoms with E-state index < -0.39 is 0 Å². The van der Waals surface area contributed by atoms with Crippen molar-refractivity contribution in [1.29, 1.82) is 0 Å². The molecule has 0 saturated heterocycles. The Morgan fingerprint density at radius 3 is 1.92 bits per heavy atom. The number of nitrogens with one attached hydrogen (secondary N) is 1. The molecule has 0 spiro atoms. The molecule has 0 aliphatic carbocycles. The van der Waals surface area contributed by atoms with Gasteiger partial charge in [0.1, 0.15) is 11.5 Å². The minimum absolute atomic E-state index is 0.199. The minimum Gasteiger partial charge on any atom is -0.497 e. The van der Waals surface area contributed by atoms with Crippen molar-refractivity contribution in [3.63, 3.8) is 0 Å². The molecule has 7 nitrogen and oxygen atoms in total. The van der Waals surface area contributed by atoms with Crippen molar-refractivity contribution in [2.24, 2.45) is 0 Å². The topological polar surface area (TPSA) is 86.2 Å². The lowest BCUT2D eigenvalue weighted by atomic mass is 10.0. The average Bonchev–Trinajstić information content (AvgIpc) is 2.95. The van der Waals surface area contributed by atoms with Crippen LogP contribution in [-0.4, -0.2) is 35.1 Å². The maximum atomic E-state index is 12.8. The van der Waals surface area contributed by atoms with Crippen LogP contribution in [0.1, 0.15) is 16.1 Å². The Labute approximate surface area is 208 Å². The Hall–Kier alpha value is -4.78. The Kier molecular flexibility index (Phi) is 6.53. The van der Waals surface area contributed by atoms with Gasteiger partial charge in [-0.05, 0) is 78.9 Å². The fourth-order valence-electron chi connectivity index (χ4n) is 3.87. The zero-order valence-electron chi connectivity index (χ0n) is 19.9. The number of rotatable bonds is 7. The minimum atomic E-state index is -0.199. The number of hydrogen-bond acceptors (Lipinski definition) is 6. The molecule has 0 saturated carbocycles. The number of amides is 1. The molecular weight excluding hydrogens is 452 g/mol. The molecule has 2 heterocycles. The molecule has 1 N–H and O–H groups in total. The highest BCUT2D eigenvalue weighted by atomic mass is 16.5. The van der Waals surface area contributed by atoms with E-state index in [-0.39, 0.29) is 5.91 Å². The molecule has 5 aromatic rings. The highest BCUT2D eigenvalue weighted by molar-refractivity contribution is 5.98. The van der Waals surface area contributed by atoms with Crippen LogP contribution in [0.3, 0.4) is 0 Å². The van der Waals surface area contributed by atoms with E-state index in [0.29, 0.717) is 28.8 Å². The second kappa shape index (κ2) is 10.2. The lowest BCUT2D eigenvalue weighted by molar-refractivity contribution is 0.0950. The van der Waals surface area contributed by atoms with Gasteiger partial charge in [-0.2, -0.15) is 0 Å². The molecule has 7 heteroatoms. The number of hydrogen-bond donors (Lipinski definition) is 1. The Bertz CT molecular complexity index is 1500. The quantitative estimate of drug-likeness (QED) is 0.343. The fraction of sp³-hybridized carbons (Fsp3) is 0.103. The number of benzene rings is 3. The van der Waals surface area contributed by atoms with Crippen molar-refractivity contribution in [2.75, 3.05) is 14.2 Å². The fourth-order valence-corrected chi connectivity index (χ4v) is 3.87. The highest BCUT2D eigenvalue weighted by Gasteiger charge is 2.15. The highest BCUT2D eigenvalue weighted by Crippen LogP contribution is 2.33. The molecule has 1 amide bonds. The molecule has 0 bridgehead atoms. The van der Waals surface area contributed by atoms with E-state index in [2.05, 4.69) is 10.3 Å². The van der Waals surface area contributed by atoms with E-state index >= 15 is 0 Å². The molecule has 0 fully saturated rings. The van der Waals surface area contributed by atoms with Crippen LogP contribution in [0, 0.1) is 0 Å². The average molecular weight is 477 g/mol. The predicted octanol–water partition coefficient (Wildman–Crippen LogP) is 5.31. The molecule has 5 rings (SSSR count). The molecule has 36 heavy (non-hydrogen) atoms. The first kappa shape index (κ1) is 23.0. The van der Waals surface area contributed by atoms with Gasteiger partial charge in [-0.3, -0.25) is 9.78 Å². The van der Waals surface area contributed by atoms with Crippen LogP contribution in [0.2, 0.25) is 0 Å². The summed E-state index contributed by atoms with van der Waals surface area (Å²) in [7, 11) is 3.27. The van der Waals surface area contributed by atoms with Crippen LogP contribution in [0.15, 0.2) is 91.1 Å².